The molecule has 0 spiro atoms. The van der Waals surface area contributed by atoms with Gasteiger partial charge in [0.05, 0.1) is 12.3 Å². The second kappa shape index (κ2) is 5.26. The Morgan fingerprint density at radius 1 is 1.33 bits per heavy atom. The summed E-state index contributed by atoms with van der Waals surface area (Å²) in [4.78, 5) is 25.0. The fourth-order valence-electron chi connectivity index (χ4n) is 1.81. The number of nitrogens with one attached hydrogen (secondary N) is 1. The van der Waals surface area contributed by atoms with Gasteiger partial charge in [0, 0.05) is 12.3 Å². The molecule has 1 aliphatic heterocycles. The minimum Gasteiger partial charge on any atom is -0.340 e. The molecule has 1 heterocycles. The first-order chi connectivity index (χ1) is 8.24. The van der Waals surface area contributed by atoms with Gasteiger partial charge in [-0.15, -0.1) is 0 Å². The van der Waals surface area contributed by atoms with Gasteiger partial charge in [-0.1, -0.05) is 13.8 Å². The van der Waals surface area contributed by atoms with E-state index in [0.29, 0.717) is 6.42 Å². The molecule has 1 rings (SSSR count). The number of nitrogens with zero attached hydrogens (tertiary/aromatic N) is 1. The van der Waals surface area contributed by atoms with Crippen molar-refractivity contribution in [2.45, 2.75) is 32.7 Å². The summed E-state index contributed by atoms with van der Waals surface area (Å²) in [5.41, 5.74) is -0.911. The van der Waals surface area contributed by atoms with Crippen LogP contribution in [-0.2, 0) is 19.4 Å². The van der Waals surface area contributed by atoms with Crippen molar-refractivity contribution in [3.8, 4) is 0 Å². The van der Waals surface area contributed by atoms with Crippen molar-refractivity contribution in [3.63, 3.8) is 0 Å². The maximum atomic E-state index is 12.1. The molecular formula is C11H20N2O4S. The second-order valence-corrected chi connectivity index (χ2v) is 7.17. The van der Waals surface area contributed by atoms with Crippen molar-refractivity contribution in [2.75, 3.05) is 24.6 Å². The average molecular weight is 276 g/mol. The number of sulfone groups is 1. The maximum absolute atomic E-state index is 12.1. The number of piperazine rings is 1. The fraction of sp³-hybridized carbons (Fsp3) is 0.818. The Hall–Kier alpha value is -1.11. The highest BCUT2D eigenvalue weighted by Gasteiger charge is 2.41. The molecule has 1 saturated heterocycles. The highest BCUT2D eigenvalue weighted by atomic mass is 32.2. The summed E-state index contributed by atoms with van der Waals surface area (Å²) in [5, 5.41) is 2.65. The molecular weight excluding hydrogens is 256 g/mol. The Labute approximate surface area is 108 Å². The largest absolute Gasteiger partial charge is 0.340 e. The van der Waals surface area contributed by atoms with Crippen LogP contribution in [-0.4, -0.2) is 55.3 Å². The summed E-state index contributed by atoms with van der Waals surface area (Å²) in [6.07, 6.45) is 0.481. The molecule has 0 aromatic heterocycles. The van der Waals surface area contributed by atoms with Gasteiger partial charge in [-0.3, -0.25) is 9.59 Å². The molecule has 1 fully saturated rings. The third-order valence-electron chi connectivity index (χ3n) is 3.33. The molecule has 0 aliphatic carbocycles. The van der Waals surface area contributed by atoms with E-state index < -0.39 is 15.4 Å². The Kier molecular flexibility index (Phi) is 4.37. The number of hydrogen-bond donors (Lipinski definition) is 1. The molecule has 1 unspecified atom stereocenters. The summed E-state index contributed by atoms with van der Waals surface area (Å²) in [5.74, 6) is -0.502. The lowest BCUT2D eigenvalue weighted by molar-refractivity contribution is -0.149. The van der Waals surface area contributed by atoms with Gasteiger partial charge in [-0.2, -0.15) is 0 Å². The number of rotatable bonds is 5. The van der Waals surface area contributed by atoms with E-state index in [2.05, 4.69) is 5.32 Å². The van der Waals surface area contributed by atoms with Crippen LogP contribution in [0.4, 0.5) is 0 Å². The van der Waals surface area contributed by atoms with E-state index in [-0.39, 0.29) is 36.4 Å². The standard InChI is InChI=1S/C11H20N2O4S/c1-4-11(3)10(15)13(8-9(14)12-11)6-7-18(16,17)5-2/h4-8H2,1-3H3,(H,12,14). The van der Waals surface area contributed by atoms with E-state index in [1.807, 2.05) is 6.92 Å². The molecule has 1 atom stereocenters. The van der Waals surface area contributed by atoms with E-state index in [9.17, 15) is 18.0 Å². The zero-order valence-corrected chi connectivity index (χ0v) is 11.8. The SMILES string of the molecule is CCC1(C)NC(=O)CN(CCS(=O)(=O)CC)C1=O. The Morgan fingerprint density at radius 3 is 2.44 bits per heavy atom. The van der Waals surface area contributed by atoms with Gasteiger partial charge in [0.25, 0.3) is 0 Å². The molecule has 1 N–H and O–H groups in total. The van der Waals surface area contributed by atoms with Crippen LogP contribution in [0.15, 0.2) is 0 Å². The minimum absolute atomic E-state index is 0.0479. The predicted octanol–water partition coefficient (Wildman–Crippen LogP) is -0.452. The van der Waals surface area contributed by atoms with E-state index in [4.69, 9.17) is 0 Å². The normalized spacial score (nSPS) is 25.2. The molecule has 0 saturated carbocycles. The Morgan fingerprint density at radius 2 is 1.94 bits per heavy atom. The molecule has 0 radical (unpaired) electrons. The topological polar surface area (TPSA) is 83.6 Å². The Bertz CT molecular complexity index is 446. The molecule has 0 aromatic rings. The zero-order chi connectivity index (χ0) is 14.0. The van der Waals surface area contributed by atoms with Crippen LogP contribution in [0.5, 0.6) is 0 Å². The van der Waals surface area contributed by atoms with Crippen molar-refractivity contribution in [1.29, 1.82) is 0 Å². The minimum atomic E-state index is -3.13. The third kappa shape index (κ3) is 3.22. The van der Waals surface area contributed by atoms with Crippen molar-refractivity contribution in [3.05, 3.63) is 0 Å². The van der Waals surface area contributed by atoms with Crippen LogP contribution in [0.2, 0.25) is 0 Å². The predicted molar refractivity (Wildman–Crippen MR) is 67.7 cm³/mol. The molecule has 0 aromatic carbocycles. The van der Waals surface area contributed by atoms with Crippen molar-refractivity contribution >= 4 is 21.7 Å². The van der Waals surface area contributed by atoms with Crippen LogP contribution in [0.3, 0.4) is 0 Å². The van der Waals surface area contributed by atoms with E-state index in [1.54, 1.807) is 13.8 Å². The van der Waals surface area contributed by atoms with Gasteiger partial charge in [0.1, 0.15) is 5.54 Å². The Balaban J connectivity index is 2.77. The third-order valence-corrected chi connectivity index (χ3v) is 5.01. The highest BCUT2D eigenvalue weighted by Crippen LogP contribution is 2.17. The van der Waals surface area contributed by atoms with Crippen molar-refractivity contribution in [1.82, 2.24) is 10.2 Å². The molecule has 7 heteroatoms. The van der Waals surface area contributed by atoms with Crippen LogP contribution in [0.1, 0.15) is 27.2 Å². The van der Waals surface area contributed by atoms with E-state index in [0.717, 1.165) is 0 Å². The molecule has 104 valence electrons. The highest BCUT2D eigenvalue weighted by molar-refractivity contribution is 7.91. The number of hydrogen-bond acceptors (Lipinski definition) is 4. The lowest BCUT2D eigenvalue weighted by Crippen LogP contribution is -2.65. The fourth-order valence-corrected chi connectivity index (χ4v) is 2.60. The molecule has 6 nitrogen and oxygen atoms in total. The van der Waals surface area contributed by atoms with Gasteiger partial charge in [-0.05, 0) is 13.3 Å². The summed E-state index contributed by atoms with van der Waals surface area (Å²) in [6.45, 7) is 5.06. The first-order valence-corrected chi connectivity index (χ1v) is 7.87. The number of carbonyl (C=O) groups is 2. The lowest BCUT2D eigenvalue weighted by Gasteiger charge is -2.39. The van der Waals surface area contributed by atoms with Gasteiger partial charge in [-0.25, -0.2) is 8.42 Å². The number of carbonyl (C=O) groups excluding carboxylic acids is 2. The van der Waals surface area contributed by atoms with Crippen LogP contribution in [0.25, 0.3) is 0 Å². The van der Waals surface area contributed by atoms with Crippen LogP contribution >= 0.6 is 0 Å². The molecule has 0 bridgehead atoms. The summed E-state index contributed by atoms with van der Waals surface area (Å²) in [6, 6.07) is 0. The van der Waals surface area contributed by atoms with Gasteiger partial charge >= 0.3 is 0 Å². The zero-order valence-electron chi connectivity index (χ0n) is 11.0. The van der Waals surface area contributed by atoms with E-state index in [1.165, 1.54) is 4.90 Å². The second-order valence-electron chi connectivity index (χ2n) is 4.70. The smallest absolute Gasteiger partial charge is 0.248 e. The van der Waals surface area contributed by atoms with Crippen molar-refractivity contribution < 1.29 is 18.0 Å². The monoisotopic (exact) mass is 276 g/mol. The molecule has 18 heavy (non-hydrogen) atoms. The van der Waals surface area contributed by atoms with Crippen molar-refractivity contribution in [2.24, 2.45) is 0 Å². The summed E-state index contributed by atoms with van der Waals surface area (Å²) >= 11 is 0. The average Bonchev–Trinajstić information content (AvgIpc) is 2.32. The quantitative estimate of drug-likeness (QED) is 0.737. The summed E-state index contributed by atoms with van der Waals surface area (Å²) in [7, 11) is -3.13. The van der Waals surface area contributed by atoms with Crippen LogP contribution in [0, 0.1) is 0 Å². The number of amides is 2. The van der Waals surface area contributed by atoms with Gasteiger partial charge < -0.3 is 10.2 Å². The van der Waals surface area contributed by atoms with Gasteiger partial charge in [0.15, 0.2) is 9.84 Å². The van der Waals surface area contributed by atoms with E-state index >= 15 is 0 Å². The summed E-state index contributed by atoms with van der Waals surface area (Å²) < 4.78 is 22.8. The lowest BCUT2D eigenvalue weighted by atomic mass is 9.94. The molecule has 2 amide bonds. The van der Waals surface area contributed by atoms with Crippen LogP contribution < -0.4 is 5.32 Å². The molecule has 1 aliphatic rings. The first-order valence-electron chi connectivity index (χ1n) is 6.05. The maximum Gasteiger partial charge on any atom is 0.248 e. The first kappa shape index (κ1) is 14.9. The van der Waals surface area contributed by atoms with Gasteiger partial charge in [0.2, 0.25) is 11.8 Å².